The van der Waals surface area contributed by atoms with Crippen LogP contribution < -0.4 is 0 Å². The van der Waals surface area contributed by atoms with Crippen molar-refractivity contribution >= 4 is 57.4 Å². The van der Waals surface area contributed by atoms with Crippen LogP contribution in [0.15, 0.2) is 18.2 Å². The van der Waals surface area contributed by atoms with Gasteiger partial charge in [0.1, 0.15) is 11.0 Å². The Morgan fingerprint density at radius 1 is 1.05 bits per heavy atom. The van der Waals surface area contributed by atoms with Gasteiger partial charge in [0.25, 0.3) is 0 Å². The molecule has 0 unspecified atom stereocenters. The minimum atomic E-state index is -0.109. The predicted molar refractivity (Wildman–Crippen MR) is 97.7 cm³/mol. The van der Waals surface area contributed by atoms with Gasteiger partial charge in [-0.25, -0.2) is 9.97 Å². The summed E-state index contributed by atoms with van der Waals surface area (Å²) in [4.78, 5) is 9.02. The number of benzene rings is 1. The van der Waals surface area contributed by atoms with Crippen molar-refractivity contribution in [3.8, 4) is 0 Å². The van der Waals surface area contributed by atoms with Crippen molar-refractivity contribution in [1.82, 2.24) is 9.97 Å². The third-order valence-corrected chi connectivity index (χ3v) is 5.29. The van der Waals surface area contributed by atoms with Gasteiger partial charge in [-0.1, -0.05) is 61.6 Å². The lowest BCUT2D eigenvalue weighted by molar-refractivity contribution is 0.558. The highest BCUT2D eigenvalue weighted by atomic mass is 127. The van der Waals surface area contributed by atoms with Crippen LogP contribution in [0.2, 0.25) is 15.2 Å². The average molecular weight is 456 g/mol. The monoisotopic (exact) mass is 454 g/mol. The average Bonchev–Trinajstić information content (AvgIpc) is 2.36. The maximum absolute atomic E-state index is 6.25. The van der Waals surface area contributed by atoms with Gasteiger partial charge in [0.05, 0.1) is 9.26 Å². The quantitative estimate of drug-likeness (QED) is 0.414. The van der Waals surface area contributed by atoms with Crippen LogP contribution in [0.25, 0.3) is 0 Å². The Morgan fingerprint density at radius 3 is 2.14 bits per heavy atom. The molecule has 1 heterocycles. The Labute approximate surface area is 153 Å². The Hall–Kier alpha value is -0.100. The van der Waals surface area contributed by atoms with Gasteiger partial charge in [-0.2, -0.15) is 0 Å². The maximum Gasteiger partial charge on any atom is 0.146 e. The van der Waals surface area contributed by atoms with Crippen molar-refractivity contribution in [1.29, 1.82) is 0 Å². The van der Waals surface area contributed by atoms with Crippen LogP contribution in [0.4, 0.5) is 0 Å². The largest absolute Gasteiger partial charge is 0.236 e. The molecule has 0 saturated heterocycles. The van der Waals surface area contributed by atoms with E-state index >= 15 is 0 Å². The smallest absolute Gasteiger partial charge is 0.146 e. The molecule has 0 bridgehead atoms. The molecule has 0 aliphatic carbocycles. The molecule has 21 heavy (non-hydrogen) atoms. The first-order valence-electron chi connectivity index (χ1n) is 6.35. The van der Waals surface area contributed by atoms with Crippen LogP contribution in [0.3, 0.4) is 0 Å². The molecule has 0 atom stereocenters. The topological polar surface area (TPSA) is 25.8 Å². The molecule has 2 aromatic rings. The van der Waals surface area contributed by atoms with Crippen molar-refractivity contribution in [2.24, 2.45) is 0 Å². The first kappa shape index (κ1) is 17.3. The van der Waals surface area contributed by atoms with E-state index in [0.29, 0.717) is 27.4 Å². The molecule has 0 N–H and O–H groups in total. The van der Waals surface area contributed by atoms with Crippen LogP contribution in [-0.4, -0.2) is 9.97 Å². The number of rotatable bonds is 2. The van der Waals surface area contributed by atoms with E-state index in [2.05, 4.69) is 53.3 Å². The number of hydrogen-bond acceptors (Lipinski definition) is 2. The number of hydrogen-bond donors (Lipinski definition) is 0. The molecule has 2 rings (SSSR count). The summed E-state index contributed by atoms with van der Waals surface area (Å²) in [6, 6.07) is 5.43. The molecular weight excluding hydrogens is 441 g/mol. The van der Waals surface area contributed by atoms with Crippen LogP contribution in [0.1, 0.15) is 37.9 Å². The van der Waals surface area contributed by atoms with Crippen molar-refractivity contribution in [3.63, 3.8) is 0 Å². The van der Waals surface area contributed by atoms with Crippen LogP contribution >= 0.6 is 57.4 Å². The SMILES string of the molecule is CC(C)(C)c1nc(Cc2c(Cl)cccc2Cl)nc(Cl)c1I. The lowest BCUT2D eigenvalue weighted by Gasteiger charge is -2.20. The molecule has 0 amide bonds. The van der Waals surface area contributed by atoms with Gasteiger partial charge in [0.2, 0.25) is 0 Å². The summed E-state index contributed by atoms with van der Waals surface area (Å²) in [7, 11) is 0. The van der Waals surface area contributed by atoms with Gasteiger partial charge in [-0.15, -0.1) is 0 Å². The molecule has 0 fully saturated rings. The van der Waals surface area contributed by atoms with E-state index < -0.39 is 0 Å². The highest BCUT2D eigenvalue weighted by Gasteiger charge is 2.23. The summed E-state index contributed by atoms with van der Waals surface area (Å²) < 4.78 is 0.885. The van der Waals surface area contributed by atoms with Crippen molar-refractivity contribution < 1.29 is 0 Å². The number of halogens is 4. The molecule has 0 spiro atoms. The fourth-order valence-electron chi connectivity index (χ4n) is 1.90. The van der Waals surface area contributed by atoms with E-state index in [-0.39, 0.29) is 5.41 Å². The molecule has 0 aliphatic heterocycles. The minimum Gasteiger partial charge on any atom is -0.236 e. The van der Waals surface area contributed by atoms with Gasteiger partial charge in [-0.3, -0.25) is 0 Å². The number of nitrogens with zero attached hydrogens (tertiary/aromatic N) is 2. The van der Waals surface area contributed by atoms with Gasteiger partial charge < -0.3 is 0 Å². The molecule has 1 aromatic carbocycles. The summed E-state index contributed by atoms with van der Waals surface area (Å²) in [6.45, 7) is 6.29. The third kappa shape index (κ3) is 4.01. The van der Waals surface area contributed by atoms with Crippen LogP contribution in [0, 0.1) is 3.57 Å². The summed E-state index contributed by atoms with van der Waals surface area (Å²) in [5.74, 6) is 0.625. The fraction of sp³-hybridized carbons (Fsp3) is 0.333. The van der Waals surface area contributed by atoms with Crippen molar-refractivity contribution in [2.75, 3.05) is 0 Å². The number of aromatic nitrogens is 2. The zero-order valence-electron chi connectivity index (χ0n) is 11.8. The van der Waals surface area contributed by atoms with Gasteiger partial charge >= 0.3 is 0 Å². The second-order valence-corrected chi connectivity index (χ2v) is 7.97. The molecule has 1 aromatic heterocycles. The third-order valence-electron chi connectivity index (χ3n) is 2.96. The highest BCUT2D eigenvalue weighted by molar-refractivity contribution is 14.1. The van der Waals surface area contributed by atoms with Crippen LogP contribution in [0.5, 0.6) is 0 Å². The van der Waals surface area contributed by atoms with E-state index in [9.17, 15) is 0 Å². The Morgan fingerprint density at radius 2 is 1.62 bits per heavy atom. The van der Waals surface area contributed by atoms with E-state index in [1.807, 2.05) is 18.2 Å². The molecule has 2 nitrogen and oxygen atoms in total. The predicted octanol–water partition coefficient (Wildman–Crippen LogP) is 5.93. The molecule has 112 valence electrons. The zero-order chi connectivity index (χ0) is 15.8. The lowest BCUT2D eigenvalue weighted by atomic mass is 9.92. The molecule has 0 radical (unpaired) electrons. The maximum atomic E-state index is 6.25. The summed E-state index contributed by atoms with van der Waals surface area (Å²) in [6.07, 6.45) is 0.457. The summed E-state index contributed by atoms with van der Waals surface area (Å²) in [5, 5.41) is 1.69. The standard InChI is InChI=1S/C15H14Cl3IN2/c1-15(2,3)13-12(19)14(18)21-11(20-13)7-8-9(16)5-4-6-10(8)17/h4-6H,7H2,1-3H3. The Balaban J connectivity index is 2.49. The Bertz CT molecular complexity index is 661. The second kappa shape index (κ2) is 6.57. The van der Waals surface area contributed by atoms with Gasteiger partial charge in [0.15, 0.2) is 0 Å². The lowest BCUT2D eigenvalue weighted by Crippen LogP contribution is -2.18. The van der Waals surface area contributed by atoms with E-state index in [0.717, 1.165) is 14.8 Å². The highest BCUT2D eigenvalue weighted by Crippen LogP contribution is 2.31. The fourth-order valence-corrected chi connectivity index (χ4v) is 3.67. The van der Waals surface area contributed by atoms with Crippen LogP contribution in [-0.2, 0) is 11.8 Å². The zero-order valence-corrected chi connectivity index (χ0v) is 16.3. The Kier molecular flexibility index (Phi) is 5.40. The molecule has 6 heteroatoms. The van der Waals surface area contributed by atoms with E-state index in [1.165, 1.54) is 0 Å². The van der Waals surface area contributed by atoms with E-state index in [1.54, 1.807) is 0 Å². The van der Waals surface area contributed by atoms with Gasteiger partial charge in [-0.05, 0) is 40.3 Å². The van der Waals surface area contributed by atoms with Gasteiger partial charge in [0, 0.05) is 21.9 Å². The molecular formula is C15H14Cl3IN2. The second-order valence-electron chi connectivity index (χ2n) is 5.72. The van der Waals surface area contributed by atoms with E-state index in [4.69, 9.17) is 34.8 Å². The van der Waals surface area contributed by atoms with Crippen molar-refractivity contribution in [2.45, 2.75) is 32.6 Å². The molecule has 0 aliphatic rings. The minimum absolute atomic E-state index is 0.109. The summed E-state index contributed by atoms with van der Waals surface area (Å²) >= 11 is 20.8. The normalized spacial score (nSPS) is 11.8. The first-order valence-corrected chi connectivity index (χ1v) is 8.56. The summed E-state index contributed by atoms with van der Waals surface area (Å²) in [5.41, 5.74) is 1.64. The van der Waals surface area contributed by atoms with Crippen molar-refractivity contribution in [3.05, 3.63) is 54.0 Å². The molecule has 0 saturated carbocycles. The first-order chi connectivity index (χ1) is 9.70.